The average Bonchev–Trinajstić information content (AvgIpc) is 3.08. The summed E-state index contributed by atoms with van der Waals surface area (Å²) in [6.07, 6.45) is -3.96. The second kappa shape index (κ2) is 17.5. The van der Waals surface area contributed by atoms with Crippen molar-refractivity contribution < 1.29 is 47.3 Å². The monoisotopic (exact) mass is 832 g/mol. The summed E-state index contributed by atoms with van der Waals surface area (Å²) < 4.78 is 37.0. The Morgan fingerprint density at radius 2 is 1.30 bits per heavy atom. The van der Waals surface area contributed by atoms with E-state index in [1.807, 2.05) is 0 Å². The van der Waals surface area contributed by atoms with Gasteiger partial charge in [-0.25, -0.2) is 18.8 Å². The zero-order valence-electron chi connectivity index (χ0n) is 33.5. The molecule has 0 bridgehead atoms. The summed E-state index contributed by atoms with van der Waals surface area (Å²) in [5.41, 5.74) is -2.43. The lowest BCUT2D eigenvalue weighted by Crippen LogP contribution is -2.51. The zero-order valence-corrected chi connectivity index (χ0v) is 35.0. The molecule has 1 aliphatic heterocycles. The summed E-state index contributed by atoms with van der Waals surface area (Å²) in [5, 5.41) is 10.4. The Kier molecular flexibility index (Phi) is 13.7. The van der Waals surface area contributed by atoms with Gasteiger partial charge in [0.15, 0.2) is 11.4 Å². The van der Waals surface area contributed by atoms with Crippen molar-refractivity contribution in [3.05, 3.63) is 75.1 Å². The molecule has 15 nitrogen and oxygen atoms in total. The molecule has 57 heavy (non-hydrogen) atoms. The topological polar surface area (TPSA) is 170 Å². The Bertz CT molecular complexity index is 1980. The molecule has 2 aromatic carbocycles. The van der Waals surface area contributed by atoms with Crippen LogP contribution in [0.4, 0.5) is 30.3 Å². The lowest BCUT2D eigenvalue weighted by Gasteiger charge is -2.35. The average molecular weight is 834 g/mol. The molecule has 1 aromatic heterocycles. The van der Waals surface area contributed by atoms with Crippen LogP contribution in [0.2, 0.25) is 10.0 Å². The van der Waals surface area contributed by atoms with Crippen LogP contribution in [0.25, 0.3) is 0 Å². The van der Waals surface area contributed by atoms with Crippen molar-refractivity contribution in [3.8, 4) is 5.75 Å². The lowest BCUT2D eigenvalue weighted by molar-refractivity contribution is 0.0140. The molecule has 0 aliphatic carbocycles. The molecule has 18 heteroatoms. The quantitative estimate of drug-likeness (QED) is 0.179. The number of hydrogen-bond donors (Lipinski definition) is 1. The third-order valence-corrected chi connectivity index (χ3v) is 8.45. The van der Waals surface area contributed by atoms with Crippen molar-refractivity contribution >= 4 is 64.8 Å². The van der Waals surface area contributed by atoms with E-state index in [2.05, 4.69) is 15.5 Å². The highest BCUT2D eigenvalue weighted by molar-refractivity contribution is 6.36. The fourth-order valence-electron chi connectivity index (χ4n) is 5.24. The maximum atomic E-state index is 14.5. The number of nitrogens with one attached hydrogen (secondary N) is 1. The van der Waals surface area contributed by atoms with Crippen LogP contribution in [0, 0.1) is 5.82 Å². The third kappa shape index (κ3) is 12.1. The fraction of sp³-hybridized carbons (Fsp3) is 0.462. The number of hydrogen-bond acceptors (Lipinski definition) is 11. The van der Waals surface area contributed by atoms with E-state index in [0.29, 0.717) is 36.6 Å². The van der Waals surface area contributed by atoms with Gasteiger partial charge in [-0.3, -0.25) is 9.59 Å². The van der Waals surface area contributed by atoms with Gasteiger partial charge >= 0.3 is 18.3 Å². The molecule has 1 aliphatic rings. The molecule has 1 atom stereocenters. The minimum atomic E-state index is -1.19. The van der Waals surface area contributed by atoms with E-state index < -0.39 is 58.7 Å². The van der Waals surface area contributed by atoms with Gasteiger partial charge in [0.25, 0.3) is 11.8 Å². The number of carbonyl (C=O) groups is 5. The number of piperazine rings is 1. The van der Waals surface area contributed by atoms with E-state index >= 15 is 0 Å². The van der Waals surface area contributed by atoms with Gasteiger partial charge in [-0.2, -0.15) is 4.90 Å². The Balaban J connectivity index is 1.61. The maximum Gasteiger partial charge on any atom is 0.425 e. The van der Waals surface area contributed by atoms with Crippen molar-refractivity contribution in [3.63, 3.8) is 0 Å². The molecule has 1 fully saturated rings. The zero-order chi connectivity index (χ0) is 42.6. The number of benzene rings is 2. The Labute approximate surface area is 340 Å². The highest BCUT2D eigenvalue weighted by Gasteiger charge is 2.37. The first-order valence-electron chi connectivity index (χ1n) is 18.0. The first kappa shape index (κ1) is 44.5. The number of halogens is 3. The molecule has 4 rings (SSSR count). The molecule has 2 heterocycles. The summed E-state index contributed by atoms with van der Waals surface area (Å²) >= 11 is 12.6. The molecule has 1 unspecified atom stereocenters. The number of anilines is 2. The standard InChI is InChI=1S/C39H47Cl2FN6O9/c1-22(29-25(40)15-16-26(42)30(29)41)54-28-21-27(44-45-31(28)48(35(52)56-38(5,6)7)36(53)57-39(8,9)10)32(49)43-24-13-11-23(12-14-24)33(50)46-17-19-47(20-18-46)34(51)55-37(2,3)4/h11-16,21-22H,17-20H2,1-10H3,(H,43,49). The van der Waals surface area contributed by atoms with Crippen molar-refractivity contribution in [1.29, 1.82) is 0 Å². The molecule has 1 N–H and O–H groups in total. The van der Waals surface area contributed by atoms with Crippen LogP contribution in [0.15, 0.2) is 42.5 Å². The second-order valence-electron chi connectivity index (χ2n) is 16.0. The van der Waals surface area contributed by atoms with Crippen molar-refractivity contribution in [1.82, 2.24) is 20.0 Å². The smallest absolute Gasteiger partial charge is 0.425 e. The minimum absolute atomic E-state index is 0.0349. The Hall–Kier alpha value is -5.22. The van der Waals surface area contributed by atoms with Crippen LogP contribution in [-0.2, 0) is 14.2 Å². The van der Waals surface area contributed by atoms with Gasteiger partial charge in [-0.05, 0) is 106 Å². The molecule has 5 amide bonds. The van der Waals surface area contributed by atoms with Gasteiger partial charge in [0, 0.05) is 54.1 Å². The second-order valence-corrected chi connectivity index (χ2v) is 16.8. The predicted molar refractivity (Wildman–Crippen MR) is 211 cm³/mol. The predicted octanol–water partition coefficient (Wildman–Crippen LogP) is 8.68. The first-order valence-corrected chi connectivity index (χ1v) is 18.7. The number of nitrogens with zero attached hydrogens (tertiary/aromatic N) is 5. The number of rotatable bonds is 7. The van der Waals surface area contributed by atoms with Gasteiger partial charge in [-0.1, -0.05) is 23.2 Å². The Morgan fingerprint density at radius 1 is 0.772 bits per heavy atom. The molecule has 308 valence electrons. The maximum absolute atomic E-state index is 14.5. The number of imide groups is 1. The number of aromatic nitrogens is 2. The molecule has 3 aromatic rings. The Morgan fingerprint density at radius 3 is 1.82 bits per heavy atom. The molecule has 0 spiro atoms. The SMILES string of the molecule is CC(Oc1cc(C(=O)Nc2ccc(C(=O)N3CCN(C(=O)OC(C)(C)C)CC3)cc2)nnc1N(C(=O)OC(C)(C)C)C(=O)OC(C)(C)C)c1c(Cl)ccc(F)c1Cl. The van der Waals surface area contributed by atoms with Crippen LogP contribution < -0.4 is 15.0 Å². The highest BCUT2D eigenvalue weighted by Crippen LogP contribution is 2.38. The van der Waals surface area contributed by atoms with Crippen molar-refractivity contribution in [2.24, 2.45) is 0 Å². The van der Waals surface area contributed by atoms with E-state index in [1.54, 1.807) is 72.1 Å². The van der Waals surface area contributed by atoms with Crippen LogP contribution in [0.1, 0.15) is 102 Å². The molecular weight excluding hydrogens is 786 g/mol. The number of amides is 5. The fourth-order valence-corrected chi connectivity index (χ4v) is 5.92. The van der Waals surface area contributed by atoms with E-state index in [1.165, 1.54) is 37.3 Å². The van der Waals surface area contributed by atoms with E-state index in [0.717, 1.165) is 12.1 Å². The number of ether oxygens (including phenoxy) is 4. The van der Waals surface area contributed by atoms with Gasteiger partial charge in [0.05, 0.1) is 5.02 Å². The summed E-state index contributed by atoms with van der Waals surface area (Å²) in [4.78, 5) is 69.9. The van der Waals surface area contributed by atoms with Crippen LogP contribution in [-0.4, -0.2) is 93.1 Å². The van der Waals surface area contributed by atoms with E-state index in [-0.39, 0.29) is 38.6 Å². The van der Waals surface area contributed by atoms with Crippen LogP contribution >= 0.6 is 23.2 Å². The van der Waals surface area contributed by atoms with Crippen molar-refractivity contribution in [2.45, 2.75) is 92.1 Å². The summed E-state index contributed by atoms with van der Waals surface area (Å²) in [5.74, 6) is -2.68. The molecule has 0 saturated carbocycles. The normalized spacial score (nSPS) is 14.0. The van der Waals surface area contributed by atoms with E-state index in [9.17, 15) is 28.4 Å². The largest absolute Gasteiger partial charge is 0.482 e. The number of carbonyl (C=O) groups excluding carboxylic acids is 5. The van der Waals surface area contributed by atoms with Gasteiger partial charge in [-0.15, -0.1) is 10.2 Å². The van der Waals surface area contributed by atoms with E-state index in [4.69, 9.17) is 42.1 Å². The first-order chi connectivity index (χ1) is 26.3. The van der Waals surface area contributed by atoms with Gasteiger partial charge in [0.2, 0.25) is 5.82 Å². The third-order valence-electron chi connectivity index (χ3n) is 7.74. The van der Waals surface area contributed by atoms with Crippen LogP contribution in [0.5, 0.6) is 5.75 Å². The van der Waals surface area contributed by atoms with Gasteiger partial charge < -0.3 is 34.1 Å². The highest BCUT2D eigenvalue weighted by atomic mass is 35.5. The van der Waals surface area contributed by atoms with Gasteiger partial charge in [0.1, 0.15) is 28.7 Å². The summed E-state index contributed by atoms with van der Waals surface area (Å²) in [6, 6.07) is 9.58. The summed E-state index contributed by atoms with van der Waals surface area (Å²) in [7, 11) is 0. The lowest BCUT2D eigenvalue weighted by atomic mass is 10.1. The molecular formula is C39H47Cl2FN6O9. The van der Waals surface area contributed by atoms with Crippen LogP contribution in [0.3, 0.4) is 0 Å². The molecule has 0 radical (unpaired) electrons. The summed E-state index contributed by atoms with van der Waals surface area (Å²) in [6.45, 7) is 17.6. The minimum Gasteiger partial charge on any atom is -0.482 e. The van der Waals surface area contributed by atoms with Crippen molar-refractivity contribution in [2.75, 3.05) is 36.4 Å². The molecule has 1 saturated heterocycles.